The molecular formula is C13H23NO2. The monoisotopic (exact) mass is 225 g/mol. The Morgan fingerprint density at radius 2 is 2.00 bits per heavy atom. The van der Waals surface area contributed by atoms with E-state index in [0.29, 0.717) is 0 Å². The maximum Gasteiger partial charge on any atom is 0.307 e. The second-order valence-electron chi connectivity index (χ2n) is 5.42. The molecule has 92 valence electrons. The molecule has 2 aliphatic rings. The van der Waals surface area contributed by atoms with Crippen LogP contribution in [0.3, 0.4) is 0 Å². The number of rotatable bonds is 5. The summed E-state index contributed by atoms with van der Waals surface area (Å²) in [6.45, 7) is 2.88. The molecule has 0 aromatic carbocycles. The molecule has 3 nitrogen and oxygen atoms in total. The first kappa shape index (κ1) is 11.9. The lowest BCUT2D eigenvalue weighted by atomic mass is 10.0. The summed E-state index contributed by atoms with van der Waals surface area (Å²) in [5.41, 5.74) is 0. The molecule has 1 aliphatic carbocycles. The van der Waals surface area contributed by atoms with E-state index < -0.39 is 5.97 Å². The van der Waals surface area contributed by atoms with E-state index in [4.69, 9.17) is 5.11 Å². The number of carbonyl (C=O) groups is 1. The third-order valence-electron chi connectivity index (χ3n) is 4.18. The zero-order chi connectivity index (χ0) is 11.4. The van der Waals surface area contributed by atoms with Crippen LogP contribution in [0.25, 0.3) is 0 Å². The highest BCUT2D eigenvalue weighted by Gasteiger charge is 2.27. The Morgan fingerprint density at radius 3 is 2.62 bits per heavy atom. The number of carboxylic acids is 1. The van der Waals surface area contributed by atoms with Gasteiger partial charge in [-0.2, -0.15) is 0 Å². The van der Waals surface area contributed by atoms with Crippen LogP contribution in [-0.2, 0) is 4.79 Å². The number of hydrogen-bond donors (Lipinski definition) is 1. The highest BCUT2D eigenvalue weighted by atomic mass is 16.4. The van der Waals surface area contributed by atoms with E-state index >= 15 is 0 Å². The fourth-order valence-electron chi connectivity index (χ4n) is 3.14. The van der Waals surface area contributed by atoms with Gasteiger partial charge in [0.1, 0.15) is 0 Å². The minimum Gasteiger partial charge on any atom is -0.481 e. The molecule has 1 saturated carbocycles. The molecule has 0 bridgehead atoms. The van der Waals surface area contributed by atoms with E-state index in [0.717, 1.165) is 32.0 Å². The van der Waals surface area contributed by atoms with Gasteiger partial charge in [0.15, 0.2) is 0 Å². The van der Waals surface area contributed by atoms with Gasteiger partial charge < -0.3 is 10.0 Å². The standard InChI is InChI=1S/C13H23NO2/c15-13(16)12-7-9-14(10-12)8-3-6-11-4-1-2-5-11/h11-12H,1-10H2,(H,15,16). The van der Waals surface area contributed by atoms with Crippen molar-refractivity contribution in [2.24, 2.45) is 11.8 Å². The van der Waals surface area contributed by atoms with Crippen molar-refractivity contribution < 1.29 is 9.90 Å². The first-order chi connectivity index (χ1) is 7.75. The average molecular weight is 225 g/mol. The number of aliphatic carboxylic acids is 1. The van der Waals surface area contributed by atoms with Crippen LogP contribution in [-0.4, -0.2) is 35.6 Å². The smallest absolute Gasteiger partial charge is 0.307 e. The topological polar surface area (TPSA) is 40.5 Å². The molecule has 0 aromatic rings. The molecule has 1 N–H and O–H groups in total. The fraction of sp³-hybridized carbons (Fsp3) is 0.923. The van der Waals surface area contributed by atoms with Gasteiger partial charge in [0, 0.05) is 6.54 Å². The first-order valence-electron chi connectivity index (χ1n) is 6.71. The van der Waals surface area contributed by atoms with Gasteiger partial charge in [-0.3, -0.25) is 4.79 Å². The van der Waals surface area contributed by atoms with E-state index in [9.17, 15) is 4.79 Å². The molecule has 1 atom stereocenters. The van der Waals surface area contributed by atoms with Crippen LogP contribution in [0.1, 0.15) is 44.9 Å². The van der Waals surface area contributed by atoms with Crippen LogP contribution in [0.2, 0.25) is 0 Å². The lowest BCUT2D eigenvalue weighted by molar-refractivity contribution is -0.141. The Kier molecular flexibility index (Phi) is 4.22. The van der Waals surface area contributed by atoms with Crippen molar-refractivity contribution in [2.75, 3.05) is 19.6 Å². The van der Waals surface area contributed by atoms with Crippen LogP contribution < -0.4 is 0 Å². The Hall–Kier alpha value is -0.570. The summed E-state index contributed by atoms with van der Waals surface area (Å²) in [7, 11) is 0. The van der Waals surface area contributed by atoms with E-state index in [1.54, 1.807) is 0 Å². The second-order valence-corrected chi connectivity index (χ2v) is 5.42. The molecule has 1 aliphatic heterocycles. The molecule has 3 heteroatoms. The third kappa shape index (κ3) is 3.21. The molecule has 2 rings (SSSR count). The maximum atomic E-state index is 10.8. The summed E-state index contributed by atoms with van der Waals surface area (Å²) in [6, 6.07) is 0. The van der Waals surface area contributed by atoms with Crippen LogP contribution in [0, 0.1) is 11.8 Å². The van der Waals surface area contributed by atoms with Crippen LogP contribution >= 0.6 is 0 Å². The lowest BCUT2D eigenvalue weighted by Crippen LogP contribution is -2.24. The van der Waals surface area contributed by atoms with Gasteiger partial charge in [-0.1, -0.05) is 25.7 Å². The largest absolute Gasteiger partial charge is 0.481 e. The fourth-order valence-corrected chi connectivity index (χ4v) is 3.14. The van der Waals surface area contributed by atoms with Crippen molar-refractivity contribution in [1.82, 2.24) is 4.90 Å². The van der Waals surface area contributed by atoms with Crippen molar-refractivity contribution in [3.63, 3.8) is 0 Å². The molecule has 2 fully saturated rings. The predicted octanol–water partition coefficient (Wildman–Crippen LogP) is 2.36. The van der Waals surface area contributed by atoms with Crippen molar-refractivity contribution in [3.05, 3.63) is 0 Å². The highest BCUT2D eigenvalue weighted by Crippen LogP contribution is 2.28. The van der Waals surface area contributed by atoms with E-state index in [1.807, 2.05) is 0 Å². The van der Waals surface area contributed by atoms with Crippen molar-refractivity contribution in [3.8, 4) is 0 Å². The zero-order valence-electron chi connectivity index (χ0n) is 10.0. The molecule has 16 heavy (non-hydrogen) atoms. The van der Waals surface area contributed by atoms with Gasteiger partial charge in [0.05, 0.1) is 5.92 Å². The highest BCUT2D eigenvalue weighted by molar-refractivity contribution is 5.70. The molecule has 0 amide bonds. The quantitative estimate of drug-likeness (QED) is 0.781. The van der Waals surface area contributed by atoms with Gasteiger partial charge in [0.2, 0.25) is 0 Å². The van der Waals surface area contributed by atoms with Gasteiger partial charge >= 0.3 is 5.97 Å². The van der Waals surface area contributed by atoms with Crippen molar-refractivity contribution >= 4 is 5.97 Å². The maximum absolute atomic E-state index is 10.8. The summed E-state index contributed by atoms with van der Waals surface area (Å²) < 4.78 is 0. The number of carboxylic acid groups (broad SMARTS) is 1. The SMILES string of the molecule is O=C(O)C1CCN(CCCC2CCCC2)C1. The minimum absolute atomic E-state index is 0.105. The van der Waals surface area contributed by atoms with E-state index in [1.165, 1.54) is 38.5 Å². The van der Waals surface area contributed by atoms with Crippen molar-refractivity contribution in [1.29, 1.82) is 0 Å². The summed E-state index contributed by atoms with van der Waals surface area (Å²) >= 11 is 0. The lowest BCUT2D eigenvalue weighted by Gasteiger charge is -2.16. The van der Waals surface area contributed by atoms with Crippen LogP contribution in [0.15, 0.2) is 0 Å². The Morgan fingerprint density at radius 1 is 1.25 bits per heavy atom. The average Bonchev–Trinajstić information content (AvgIpc) is 2.87. The number of nitrogens with zero attached hydrogens (tertiary/aromatic N) is 1. The second kappa shape index (κ2) is 5.67. The molecule has 1 heterocycles. The van der Waals surface area contributed by atoms with Gasteiger partial charge in [0.25, 0.3) is 0 Å². The zero-order valence-corrected chi connectivity index (χ0v) is 10.0. The number of likely N-dealkylation sites (tertiary alicyclic amines) is 1. The Labute approximate surface area is 97.8 Å². The van der Waals surface area contributed by atoms with Crippen molar-refractivity contribution in [2.45, 2.75) is 44.9 Å². The summed E-state index contributed by atoms with van der Waals surface area (Å²) in [6.07, 6.45) is 9.17. The Balaban J connectivity index is 1.58. The van der Waals surface area contributed by atoms with Gasteiger partial charge in [-0.15, -0.1) is 0 Å². The molecule has 0 radical (unpaired) electrons. The normalized spacial score (nSPS) is 27.6. The molecule has 1 unspecified atom stereocenters. The predicted molar refractivity (Wildman–Crippen MR) is 63.4 cm³/mol. The molecule has 1 saturated heterocycles. The Bertz CT molecular complexity index is 236. The minimum atomic E-state index is -0.613. The molecule has 0 aromatic heterocycles. The van der Waals surface area contributed by atoms with Gasteiger partial charge in [-0.05, 0) is 38.3 Å². The first-order valence-corrected chi connectivity index (χ1v) is 6.71. The van der Waals surface area contributed by atoms with E-state index in [2.05, 4.69) is 4.90 Å². The third-order valence-corrected chi connectivity index (χ3v) is 4.18. The molecular weight excluding hydrogens is 202 g/mol. The van der Waals surface area contributed by atoms with Crippen LogP contribution in [0.4, 0.5) is 0 Å². The number of hydrogen-bond acceptors (Lipinski definition) is 2. The van der Waals surface area contributed by atoms with Crippen LogP contribution in [0.5, 0.6) is 0 Å². The summed E-state index contributed by atoms with van der Waals surface area (Å²) in [5.74, 6) is 0.252. The van der Waals surface area contributed by atoms with E-state index in [-0.39, 0.29) is 5.92 Å². The summed E-state index contributed by atoms with van der Waals surface area (Å²) in [4.78, 5) is 13.1. The molecule has 0 spiro atoms. The van der Waals surface area contributed by atoms with Gasteiger partial charge in [-0.25, -0.2) is 0 Å². The summed E-state index contributed by atoms with van der Waals surface area (Å²) in [5, 5.41) is 8.90.